The maximum Gasteiger partial charge on any atom is 0.341 e. The summed E-state index contributed by atoms with van der Waals surface area (Å²) in [5.41, 5.74) is 2.79. The number of esters is 1. The molecule has 6 nitrogen and oxygen atoms in total. The van der Waals surface area contributed by atoms with Crippen molar-refractivity contribution >= 4 is 18.0 Å². The van der Waals surface area contributed by atoms with Crippen molar-refractivity contribution in [1.82, 2.24) is 10.2 Å². The van der Waals surface area contributed by atoms with E-state index in [9.17, 15) is 9.59 Å². The number of rotatable bonds is 8. The van der Waals surface area contributed by atoms with Crippen LogP contribution in [-0.4, -0.2) is 44.5 Å². The van der Waals surface area contributed by atoms with Gasteiger partial charge in [0.25, 0.3) is 0 Å². The van der Waals surface area contributed by atoms with Crippen molar-refractivity contribution in [2.45, 2.75) is 26.3 Å². The molecule has 0 aliphatic rings. The lowest BCUT2D eigenvalue weighted by Gasteiger charge is -2.25. The average molecular weight is 384 g/mol. The number of benzene rings is 1. The fraction of sp³-hybridized carbons (Fsp3) is 0.364. The minimum Gasteiger partial charge on any atom is -0.465 e. The highest BCUT2D eigenvalue weighted by atomic mass is 16.5. The fourth-order valence-corrected chi connectivity index (χ4v) is 2.89. The monoisotopic (exact) mass is 384 g/mol. The molecule has 6 heteroatoms. The number of aryl methyl sites for hydroxylation is 2. The topological polar surface area (TPSA) is 71.8 Å². The summed E-state index contributed by atoms with van der Waals surface area (Å²) in [4.78, 5) is 25.9. The molecule has 1 N–H and O–H groups in total. The van der Waals surface area contributed by atoms with Crippen molar-refractivity contribution < 1.29 is 18.7 Å². The van der Waals surface area contributed by atoms with Crippen LogP contribution < -0.4 is 5.32 Å². The number of ether oxygens (including phenoxy) is 1. The van der Waals surface area contributed by atoms with Gasteiger partial charge in [0.2, 0.25) is 5.91 Å². The standard InChI is InChI=1S/C22H28N2O4/c1-6-16-7-9-17(10-8-16)20(24(3)4)14-23-21(25)12-11-18-13-19(15(2)28-18)22(26)27-5/h7-13,20H,6,14H2,1-5H3,(H,23,25)/b12-11+/t20-/m1/s1. The van der Waals surface area contributed by atoms with Gasteiger partial charge in [-0.25, -0.2) is 4.79 Å². The Kier molecular flexibility index (Phi) is 7.58. The third-order valence-corrected chi connectivity index (χ3v) is 4.61. The van der Waals surface area contributed by atoms with E-state index < -0.39 is 5.97 Å². The van der Waals surface area contributed by atoms with E-state index >= 15 is 0 Å². The van der Waals surface area contributed by atoms with Crippen LogP contribution in [-0.2, 0) is 16.0 Å². The first-order chi connectivity index (χ1) is 13.3. The third-order valence-electron chi connectivity index (χ3n) is 4.61. The molecule has 0 saturated heterocycles. The van der Waals surface area contributed by atoms with Gasteiger partial charge < -0.3 is 19.4 Å². The van der Waals surface area contributed by atoms with Gasteiger partial charge in [0.1, 0.15) is 17.1 Å². The van der Waals surface area contributed by atoms with Crippen LogP contribution in [0.2, 0.25) is 0 Å². The molecule has 0 saturated carbocycles. The molecular weight excluding hydrogens is 356 g/mol. The van der Waals surface area contributed by atoms with E-state index in [1.807, 2.05) is 14.1 Å². The zero-order chi connectivity index (χ0) is 20.7. The zero-order valence-electron chi connectivity index (χ0n) is 17.1. The van der Waals surface area contributed by atoms with E-state index in [1.165, 1.54) is 24.8 Å². The van der Waals surface area contributed by atoms with Gasteiger partial charge in [-0.3, -0.25) is 4.79 Å². The first-order valence-corrected chi connectivity index (χ1v) is 9.25. The van der Waals surface area contributed by atoms with Crippen LogP contribution in [0.1, 0.15) is 46.0 Å². The predicted octanol–water partition coefficient (Wildman–Crippen LogP) is 3.37. The summed E-state index contributed by atoms with van der Waals surface area (Å²) in [6.45, 7) is 4.28. The molecule has 0 bridgehead atoms. The summed E-state index contributed by atoms with van der Waals surface area (Å²) in [5, 5.41) is 2.92. The summed E-state index contributed by atoms with van der Waals surface area (Å²) in [7, 11) is 5.29. The Morgan fingerprint density at radius 2 is 1.93 bits per heavy atom. The third kappa shape index (κ3) is 5.57. The van der Waals surface area contributed by atoms with Crippen molar-refractivity contribution in [1.29, 1.82) is 0 Å². The van der Waals surface area contributed by atoms with E-state index in [0.717, 1.165) is 12.0 Å². The minimum atomic E-state index is -0.465. The Balaban J connectivity index is 1.99. The molecule has 2 rings (SSSR count). The fourth-order valence-electron chi connectivity index (χ4n) is 2.89. The number of carbonyl (C=O) groups is 2. The Morgan fingerprint density at radius 1 is 1.25 bits per heavy atom. The summed E-state index contributed by atoms with van der Waals surface area (Å²) in [5.74, 6) is 0.182. The number of carbonyl (C=O) groups excluding carboxylic acids is 2. The van der Waals surface area contributed by atoms with Crippen LogP contribution in [0.3, 0.4) is 0 Å². The molecule has 1 aromatic heterocycles. The quantitative estimate of drug-likeness (QED) is 0.558. The number of methoxy groups -OCH3 is 1. The molecule has 0 fully saturated rings. The summed E-state index contributed by atoms with van der Waals surface area (Å²) in [6, 6.07) is 10.1. The molecule has 0 radical (unpaired) electrons. The van der Waals surface area contributed by atoms with Crippen molar-refractivity contribution in [2.75, 3.05) is 27.7 Å². The number of furan rings is 1. The Bertz CT molecular complexity index is 835. The summed E-state index contributed by atoms with van der Waals surface area (Å²) < 4.78 is 10.2. The zero-order valence-corrected chi connectivity index (χ0v) is 17.1. The molecular formula is C22H28N2O4. The lowest BCUT2D eigenvalue weighted by Crippen LogP contribution is -2.33. The molecule has 0 aliphatic carbocycles. The molecule has 1 aromatic carbocycles. The average Bonchev–Trinajstić information content (AvgIpc) is 3.06. The van der Waals surface area contributed by atoms with Crippen LogP contribution in [0, 0.1) is 6.92 Å². The van der Waals surface area contributed by atoms with Gasteiger partial charge in [0.05, 0.1) is 13.2 Å². The van der Waals surface area contributed by atoms with E-state index in [0.29, 0.717) is 23.6 Å². The van der Waals surface area contributed by atoms with Crippen LogP contribution in [0.4, 0.5) is 0 Å². The number of likely N-dealkylation sites (N-methyl/N-ethyl adjacent to an activating group) is 1. The van der Waals surface area contributed by atoms with Gasteiger partial charge >= 0.3 is 5.97 Å². The minimum absolute atomic E-state index is 0.0695. The normalized spacial score (nSPS) is 12.4. The Hall–Kier alpha value is -2.86. The molecule has 28 heavy (non-hydrogen) atoms. The van der Waals surface area contributed by atoms with E-state index in [-0.39, 0.29) is 11.9 Å². The highest BCUT2D eigenvalue weighted by molar-refractivity contribution is 5.93. The van der Waals surface area contributed by atoms with Crippen molar-refractivity contribution in [2.24, 2.45) is 0 Å². The smallest absolute Gasteiger partial charge is 0.341 e. The van der Waals surface area contributed by atoms with E-state index in [1.54, 1.807) is 13.0 Å². The molecule has 150 valence electrons. The van der Waals surface area contributed by atoms with E-state index in [4.69, 9.17) is 9.15 Å². The Morgan fingerprint density at radius 3 is 2.50 bits per heavy atom. The summed E-state index contributed by atoms with van der Waals surface area (Å²) >= 11 is 0. The number of hydrogen-bond acceptors (Lipinski definition) is 5. The maximum atomic E-state index is 12.2. The highest BCUT2D eigenvalue weighted by Gasteiger charge is 2.16. The molecule has 0 aliphatic heterocycles. The van der Waals surface area contributed by atoms with Gasteiger partial charge in [-0.05, 0) is 50.7 Å². The molecule has 0 unspecified atom stereocenters. The van der Waals surface area contributed by atoms with Crippen LogP contribution in [0.25, 0.3) is 6.08 Å². The van der Waals surface area contributed by atoms with Gasteiger partial charge in [-0.1, -0.05) is 31.2 Å². The van der Waals surface area contributed by atoms with Gasteiger partial charge in [-0.15, -0.1) is 0 Å². The molecule has 1 atom stereocenters. The summed E-state index contributed by atoms with van der Waals surface area (Å²) in [6.07, 6.45) is 3.93. The maximum absolute atomic E-state index is 12.2. The molecule has 0 spiro atoms. The first-order valence-electron chi connectivity index (χ1n) is 9.25. The lowest BCUT2D eigenvalue weighted by molar-refractivity contribution is -0.116. The molecule has 1 amide bonds. The number of nitrogens with zero attached hydrogens (tertiary/aromatic N) is 1. The lowest BCUT2D eigenvalue weighted by atomic mass is 10.0. The van der Waals surface area contributed by atoms with Gasteiger partial charge in [-0.2, -0.15) is 0 Å². The van der Waals surface area contributed by atoms with Crippen molar-refractivity contribution in [3.8, 4) is 0 Å². The van der Waals surface area contributed by atoms with Crippen LogP contribution in [0.5, 0.6) is 0 Å². The molecule has 1 heterocycles. The largest absolute Gasteiger partial charge is 0.465 e. The van der Waals surface area contributed by atoms with Gasteiger partial charge in [0, 0.05) is 12.6 Å². The van der Waals surface area contributed by atoms with Crippen LogP contribution >= 0.6 is 0 Å². The van der Waals surface area contributed by atoms with Crippen molar-refractivity contribution in [3.63, 3.8) is 0 Å². The van der Waals surface area contributed by atoms with Gasteiger partial charge in [0.15, 0.2) is 0 Å². The second kappa shape index (κ2) is 9.90. The highest BCUT2D eigenvalue weighted by Crippen LogP contribution is 2.19. The Labute approximate surface area is 166 Å². The number of amides is 1. The first kappa shape index (κ1) is 21.4. The SMILES string of the molecule is CCc1ccc([C@@H](CNC(=O)/C=C/c2cc(C(=O)OC)c(C)o2)N(C)C)cc1. The molecule has 2 aromatic rings. The number of nitrogens with one attached hydrogen (secondary N) is 1. The van der Waals surface area contributed by atoms with Crippen LogP contribution in [0.15, 0.2) is 40.8 Å². The second-order valence-electron chi connectivity index (χ2n) is 6.76. The van der Waals surface area contributed by atoms with Crippen molar-refractivity contribution in [3.05, 3.63) is 64.6 Å². The predicted molar refractivity (Wildman–Crippen MR) is 109 cm³/mol. The second-order valence-corrected chi connectivity index (χ2v) is 6.76. The number of hydrogen-bond donors (Lipinski definition) is 1. The van der Waals surface area contributed by atoms with E-state index in [2.05, 4.69) is 41.4 Å².